The van der Waals surface area contributed by atoms with Crippen molar-refractivity contribution in [3.63, 3.8) is 0 Å². The summed E-state index contributed by atoms with van der Waals surface area (Å²) in [6, 6.07) is 15.5. The molecule has 2 aromatic rings. The first-order valence-corrected chi connectivity index (χ1v) is 6.53. The third-order valence-corrected chi connectivity index (χ3v) is 3.46. The Balaban J connectivity index is 1.55. The van der Waals surface area contributed by atoms with Crippen molar-refractivity contribution in [1.82, 2.24) is 5.32 Å². The van der Waals surface area contributed by atoms with Crippen LogP contribution >= 0.6 is 0 Å². The summed E-state index contributed by atoms with van der Waals surface area (Å²) in [5, 5.41) is 12.7. The van der Waals surface area contributed by atoms with Gasteiger partial charge in [-0.05, 0) is 23.8 Å². The van der Waals surface area contributed by atoms with Gasteiger partial charge in [-0.15, -0.1) is 0 Å². The van der Waals surface area contributed by atoms with Gasteiger partial charge in [0.1, 0.15) is 11.5 Å². The molecule has 0 saturated heterocycles. The van der Waals surface area contributed by atoms with Gasteiger partial charge in [0.15, 0.2) is 0 Å². The molecule has 0 aliphatic carbocycles. The highest BCUT2D eigenvalue weighted by atomic mass is 16.5. The van der Waals surface area contributed by atoms with Gasteiger partial charge in [0.25, 0.3) is 0 Å². The van der Waals surface area contributed by atoms with Crippen molar-refractivity contribution in [3.05, 3.63) is 59.7 Å². The topological polar surface area (TPSA) is 41.5 Å². The smallest absolute Gasteiger partial charge is 0.122 e. The van der Waals surface area contributed by atoms with Gasteiger partial charge in [-0.3, -0.25) is 0 Å². The molecule has 0 bridgehead atoms. The lowest BCUT2D eigenvalue weighted by Gasteiger charge is -2.10. The number of hydrogen-bond donors (Lipinski definition) is 2. The predicted molar refractivity (Wildman–Crippen MR) is 74.5 cm³/mol. The molecule has 1 atom stereocenters. The van der Waals surface area contributed by atoms with Crippen LogP contribution < -0.4 is 10.1 Å². The molecule has 19 heavy (non-hydrogen) atoms. The molecule has 98 valence electrons. The Kier molecular flexibility index (Phi) is 3.38. The van der Waals surface area contributed by atoms with Crippen LogP contribution in [-0.4, -0.2) is 18.3 Å². The SMILES string of the molecule is Oc1ccc(CNCC2COc3ccccc32)cc1. The van der Waals surface area contributed by atoms with E-state index in [4.69, 9.17) is 4.74 Å². The summed E-state index contributed by atoms with van der Waals surface area (Å²) >= 11 is 0. The van der Waals surface area contributed by atoms with E-state index in [0.29, 0.717) is 11.7 Å². The van der Waals surface area contributed by atoms with Gasteiger partial charge < -0.3 is 15.2 Å². The number of phenols is 1. The standard InChI is InChI=1S/C16H17NO2/c18-14-7-5-12(6-8-14)9-17-10-13-11-19-16-4-2-1-3-15(13)16/h1-8,13,17-18H,9-11H2. The van der Waals surface area contributed by atoms with Gasteiger partial charge >= 0.3 is 0 Å². The summed E-state index contributed by atoms with van der Waals surface area (Å²) < 4.78 is 5.66. The van der Waals surface area contributed by atoms with Crippen molar-refractivity contribution in [1.29, 1.82) is 0 Å². The zero-order valence-electron chi connectivity index (χ0n) is 10.7. The van der Waals surface area contributed by atoms with Crippen molar-refractivity contribution in [2.75, 3.05) is 13.2 Å². The van der Waals surface area contributed by atoms with Gasteiger partial charge in [-0.2, -0.15) is 0 Å². The van der Waals surface area contributed by atoms with Gasteiger partial charge in [0, 0.05) is 24.6 Å². The van der Waals surface area contributed by atoms with Crippen molar-refractivity contribution < 1.29 is 9.84 Å². The number of hydrogen-bond acceptors (Lipinski definition) is 3. The van der Waals surface area contributed by atoms with Crippen LogP contribution in [0.5, 0.6) is 11.5 Å². The van der Waals surface area contributed by atoms with E-state index in [-0.39, 0.29) is 0 Å². The molecule has 1 aliphatic rings. The summed E-state index contributed by atoms with van der Waals surface area (Å²) in [7, 11) is 0. The van der Waals surface area contributed by atoms with Crippen molar-refractivity contribution >= 4 is 0 Å². The lowest BCUT2D eigenvalue weighted by atomic mass is 10.0. The van der Waals surface area contributed by atoms with Gasteiger partial charge in [0.05, 0.1) is 6.61 Å². The summed E-state index contributed by atoms with van der Waals surface area (Å²) in [5.74, 6) is 1.74. The van der Waals surface area contributed by atoms with E-state index in [2.05, 4.69) is 17.4 Å². The summed E-state index contributed by atoms with van der Waals surface area (Å²) in [4.78, 5) is 0. The van der Waals surface area contributed by atoms with E-state index in [1.165, 1.54) is 11.1 Å². The maximum absolute atomic E-state index is 9.23. The van der Waals surface area contributed by atoms with Crippen LogP contribution in [-0.2, 0) is 6.54 Å². The fourth-order valence-electron chi connectivity index (χ4n) is 2.40. The number of phenolic OH excluding ortho intramolecular Hbond substituents is 1. The predicted octanol–water partition coefficient (Wildman–Crippen LogP) is 2.66. The van der Waals surface area contributed by atoms with E-state index in [9.17, 15) is 5.11 Å². The van der Waals surface area contributed by atoms with Crippen LogP contribution in [0, 0.1) is 0 Å². The van der Waals surface area contributed by atoms with Gasteiger partial charge in [0.2, 0.25) is 0 Å². The fraction of sp³-hybridized carbons (Fsp3) is 0.250. The number of ether oxygens (including phenoxy) is 1. The minimum atomic E-state index is 0.307. The number of benzene rings is 2. The molecule has 3 rings (SSSR count). The van der Waals surface area contributed by atoms with Crippen LogP contribution in [0.2, 0.25) is 0 Å². The molecule has 3 heteroatoms. The monoisotopic (exact) mass is 255 g/mol. The second-order valence-electron chi connectivity index (χ2n) is 4.84. The van der Waals surface area contributed by atoms with Gasteiger partial charge in [-0.25, -0.2) is 0 Å². The van der Waals surface area contributed by atoms with E-state index in [0.717, 1.165) is 25.4 Å². The minimum absolute atomic E-state index is 0.307. The lowest BCUT2D eigenvalue weighted by Crippen LogP contribution is -2.22. The van der Waals surface area contributed by atoms with E-state index >= 15 is 0 Å². The Morgan fingerprint density at radius 1 is 1.11 bits per heavy atom. The Bertz CT molecular complexity index is 551. The second-order valence-corrected chi connectivity index (χ2v) is 4.84. The molecule has 0 amide bonds. The average Bonchev–Trinajstić information content (AvgIpc) is 2.85. The molecule has 0 spiro atoms. The molecule has 1 unspecified atom stereocenters. The Labute approximate surface area is 112 Å². The summed E-state index contributed by atoms with van der Waals surface area (Å²) in [6.45, 7) is 2.46. The maximum Gasteiger partial charge on any atom is 0.122 e. The number of para-hydroxylation sites is 1. The molecule has 0 saturated carbocycles. The van der Waals surface area contributed by atoms with E-state index in [1.807, 2.05) is 24.3 Å². The van der Waals surface area contributed by atoms with Crippen molar-refractivity contribution in [3.8, 4) is 11.5 Å². The van der Waals surface area contributed by atoms with Crippen LogP contribution in [0.1, 0.15) is 17.0 Å². The molecule has 1 heterocycles. The van der Waals surface area contributed by atoms with Crippen molar-refractivity contribution in [2.45, 2.75) is 12.5 Å². The molecular weight excluding hydrogens is 238 g/mol. The van der Waals surface area contributed by atoms with Crippen molar-refractivity contribution in [2.24, 2.45) is 0 Å². The van der Waals surface area contributed by atoms with Gasteiger partial charge in [-0.1, -0.05) is 30.3 Å². The number of aromatic hydroxyl groups is 1. The normalized spacial score (nSPS) is 16.9. The van der Waals surface area contributed by atoms with Crippen LogP contribution in [0.15, 0.2) is 48.5 Å². The highest BCUT2D eigenvalue weighted by molar-refractivity contribution is 5.39. The minimum Gasteiger partial charge on any atom is -0.508 e. The fourth-order valence-corrected chi connectivity index (χ4v) is 2.40. The molecule has 0 fully saturated rings. The van der Waals surface area contributed by atoms with Crippen LogP contribution in [0.4, 0.5) is 0 Å². The molecule has 3 nitrogen and oxygen atoms in total. The first-order valence-electron chi connectivity index (χ1n) is 6.53. The zero-order valence-corrected chi connectivity index (χ0v) is 10.7. The van der Waals surface area contributed by atoms with Crippen LogP contribution in [0.25, 0.3) is 0 Å². The quantitative estimate of drug-likeness (QED) is 0.882. The Morgan fingerprint density at radius 2 is 1.89 bits per heavy atom. The first kappa shape index (κ1) is 12.1. The average molecular weight is 255 g/mol. The van der Waals surface area contributed by atoms with Crippen LogP contribution in [0.3, 0.4) is 0 Å². The molecule has 2 aromatic carbocycles. The number of rotatable bonds is 4. The van der Waals surface area contributed by atoms with E-state index in [1.54, 1.807) is 12.1 Å². The molecule has 0 radical (unpaired) electrons. The Morgan fingerprint density at radius 3 is 2.74 bits per heavy atom. The Hall–Kier alpha value is -2.00. The maximum atomic E-state index is 9.23. The zero-order chi connectivity index (χ0) is 13.1. The largest absolute Gasteiger partial charge is 0.508 e. The highest BCUT2D eigenvalue weighted by Crippen LogP contribution is 2.32. The lowest BCUT2D eigenvalue weighted by molar-refractivity contribution is 0.326. The first-order chi connectivity index (χ1) is 9.33. The third-order valence-electron chi connectivity index (χ3n) is 3.46. The molecule has 0 aromatic heterocycles. The molecular formula is C16H17NO2. The summed E-state index contributed by atoms with van der Waals surface area (Å²) in [5.41, 5.74) is 2.46. The van der Waals surface area contributed by atoms with E-state index < -0.39 is 0 Å². The number of fused-ring (bicyclic) bond motifs is 1. The second kappa shape index (κ2) is 5.33. The summed E-state index contributed by atoms with van der Waals surface area (Å²) in [6.07, 6.45) is 0. The third kappa shape index (κ3) is 2.71. The highest BCUT2D eigenvalue weighted by Gasteiger charge is 2.22. The number of nitrogens with one attached hydrogen (secondary N) is 1. The molecule has 2 N–H and O–H groups in total. The molecule has 1 aliphatic heterocycles.